The summed E-state index contributed by atoms with van der Waals surface area (Å²) in [6.07, 6.45) is 3.59. The Bertz CT molecular complexity index is 1110. The van der Waals surface area contributed by atoms with Gasteiger partial charge in [-0.05, 0) is 36.4 Å². The summed E-state index contributed by atoms with van der Waals surface area (Å²) in [5.41, 5.74) is 3.28. The Morgan fingerprint density at radius 2 is 1.85 bits per heavy atom. The van der Waals surface area contributed by atoms with E-state index in [1.165, 1.54) is 0 Å². The number of halogens is 1. The molecule has 0 aliphatic heterocycles. The molecule has 1 N–H and O–H groups in total. The second kappa shape index (κ2) is 7.17. The maximum Gasteiger partial charge on any atom is 0.213 e. The van der Waals surface area contributed by atoms with E-state index in [4.69, 9.17) is 26.1 Å². The second-order valence-electron chi connectivity index (χ2n) is 5.83. The van der Waals surface area contributed by atoms with Gasteiger partial charge in [-0.1, -0.05) is 17.7 Å². The van der Waals surface area contributed by atoms with Crippen molar-refractivity contribution in [3.63, 3.8) is 0 Å². The molecule has 6 nitrogen and oxygen atoms in total. The summed E-state index contributed by atoms with van der Waals surface area (Å²) in [7, 11) is 3.22. The van der Waals surface area contributed by atoms with Crippen molar-refractivity contribution in [1.29, 1.82) is 0 Å². The number of hydrogen-bond acceptors (Lipinski definition) is 5. The van der Waals surface area contributed by atoms with Crippen molar-refractivity contribution in [3.8, 4) is 22.8 Å². The normalized spacial score (nSPS) is 10.8. The van der Waals surface area contributed by atoms with Crippen LogP contribution in [0.5, 0.6) is 11.5 Å². The molecule has 0 aliphatic carbocycles. The Morgan fingerprint density at radius 1 is 1.00 bits per heavy atom. The number of nitrogens with one attached hydrogen (secondary N) is 1. The fourth-order valence-electron chi connectivity index (χ4n) is 2.85. The Kier molecular flexibility index (Phi) is 4.56. The molecule has 0 unspecified atom stereocenters. The minimum Gasteiger partial charge on any atom is -0.493 e. The highest BCUT2D eigenvalue weighted by Crippen LogP contribution is 2.32. The highest BCUT2D eigenvalue weighted by atomic mass is 35.5. The highest BCUT2D eigenvalue weighted by Gasteiger charge is 2.12. The van der Waals surface area contributed by atoms with E-state index in [2.05, 4.69) is 10.3 Å². The fraction of sp³-hybridized carbons (Fsp3) is 0.100. The lowest BCUT2D eigenvalue weighted by molar-refractivity contribution is 0.355. The lowest BCUT2D eigenvalue weighted by atomic mass is 10.1. The predicted molar refractivity (Wildman–Crippen MR) is 106 cm³/mol. The third kappa shape index (κ3) is 3.39. The maximum atomic E-state index is 6.09. The first-order valence-electron chi connectivity index (χ1n) is 8.27. The zero-order valence-corrected chi connectivity index (χ0v) is 15.6. The van der Waals surface area contributed by atoms with Gasteiger partial charge in [0.2, 0.25) is 5.95 Å². The first kappa shape index (κ1) is 17.2. The molecule has 4 rings (SSSR count). The number of hydrogen-bond donors (Lipinski definition) is 1. The number of anilines is 2. The Labute approximate surface area is 161 Å². The van der Waals surface area contributed by atoms with Crippen molar-refractivity contribution in [2.24, 2.45) is 0 Å². The minimum atomic E-state index is 0.636. The minimum absolute atomic E-state index is 0.636. The number of benzene rings is 2. The van der Waals surface area contributed by atoms with Crippen LogP contribution in [0.4, 0.5) is 11.6 Å². The van der Waals surface area contributed by atoms with Crippen LogP contribution in [0, 0.1) is 0 Å². The molecule has 2 aromatic heterocycles. The predicted octanol–water partition coefficient (Wildman–Crippen LogP) is 4.81. The zero-order valence-electron chi connectivity index (χ0n) is 14.8. The highest BCUT2D eigenvalue weighted by molar-refractivity contribution is 6.30. The molecular formula is C20H17ClN4O2. The molecule has 0 aliphatic rings. The molecule has 136 valence electrons. The van der Waals surface area contributed by atoms with Gasteiger partial charge in [0.15, 0.2) is 11.5 Å². The molecule has 2 aromatic carbocycles. The summed E-state index contributed by atoms with van der Waals surface area (Å²) in [6.45, 7) is 0. The van der Waals surface area contributed by atoms with E-state index in [1.807, 2.05) is 59.1 Å². The van der Waals surface area contributed by atoms with Gasteiger partial charge in [0.05, 0.1) is 19.9 Å². The van der Waals surface area contributed by atoms with Crippen LogP contribution in [0.15, 0.2) is 60.9 Å². The lowest BCUT2D eigenvalue weighted by Crippen LogP contribution is -2.02. The van der Waals surface area contributed by atoms with Crippen LogP contribution in [0.25, 0.3) is 16.9 Å². The van der Waals surface area contributed by atoms with Gasteiger partial charge >= 0.3 is 0 Å². The molecule has 0 spiro atoms. The quantitative estimate of drug-likeness (QED) is 0.538. The van der Waals surface area contributed by atoms with Gasteiger partial charge in [0.1, 0.15) is 5.65 Å². The van der Waals surface area contributed by atoms with Crippen molar-refractivity contribution in [2.45, 2.75) is 0 Å². The summed E-state index contributed by atoms with van der Waals surface area (Å²) < 4.78 is 12.6. The van der Waals surface area contributed by atoms with Crippen molar-refractivity contribution in [3.05, 3.63) is 65.9 Å². The van der Waals surface area contributed by atoms with Gasteiger partial charge in [-0.3, -0.25) is 4.40 Å². The van der Waals surface area contributed by atoms with E-state index in [-0.39, 0.29) is 0 Å². The molecule has 0 saturated carbocycles. The number of aromatic nitrogens is 3. The van der Waals surface area contributed by atoms with E-state index in [0.29, 0.717) is 22.5 Å². The first-order valence-corrected chi connectivity index (χ1v) is 8.65. The van der Waals surface area contributed by atoms with Crippen LogP contribution >= 0.6 is 11.6 Å². The van der Waals surface area contributed by atoms with E-state index in [1.54, 1.807) is 20.4 Å². The Balaban J connectivity index is 1.81. The number of imidazole rings is 1. The average molecular weight is 381 g/mol. The van der Waals surface area contributed by atoms with Crippen LogP contribution in [0.2, 0.25) is 5.02 Å². The van der Waals surface area contributed by atoms with Crippen LogP contribution in [0.1, 0.15) is 0 Å². The average Bonchev–Trinajstić information content (AvgIpc) is 3.16. The molecule has 0 radical (unpaired) electrons. The number of rotatable bonds is 5. The van der Waals surface area contributed by atoms with Gasteiger partial charge in [0, 0.05) is 34.7 Å². The topological polar surface area (TPSA) is 60.7 Å². The fourth-order valence-corrected chi connectivity index (χ4v) is 3.04. The zero-order chi connectivity index (χ0) is 18.8. The number of methoxy groups -OCH3 is 2. The molecule has 0 amide bonds. The maximum absolute atomic E-state index is 6.09. The number of fused-ring (bicyclic) bond motifs is 1. The number of nitrogens with zero attached hydrogens (tertiary/aromatic N) is 3. The Morgan fingerprint density at radius 3 is 2.63 bits per heavy atom. The SMILES string of the molecule is COc1ccc(-c2cc3nccn3c(Nc3cccc(Cl)c3)n2)cc1OC. The Hall–Kier alpha value is -3.25. The van der Waals surface area contributed by atoms with Crippen molar-refractivity contribution >= 4 is 28.9 Å². The molecule has 0 atom stereocenters. The van der Waals surface area contributed by atoms with Gasteiger partial charge < -0.3 is 14.8 Å². The standard InChI is InChI=1S/C20H17ClN4O2/c1-26-17-7-6-13(10-18(17)27-2)16-12-19-22-8-9-25(19)20(24-16)23-15-5-3-4-14(21)11-15/h3-12H,1-2H3,(H,23,24). The first-order chi connectivity index (χ1) is 13.2. The molecule has 0 saturated heterocycles. The largest absolute Gasteiger partial charge is 0.493 e. The smallest absolute Gasteiger partial charge is 0.213 e. The summed E-state index contributed by atoms with van der Waals surface area (Å²) in [4.78, 5) is 9.17. The van der Waals surface area contributed by atoms with Crippen LogP contribution in [-0.4, -0.2) is 28.6 Å². The molecule has 0 fully saturated rings. The molecule has 27 heavy (non-hydrogen) atoms. The summed E-state index contributed by atoms with van der Waals surface area (Å²) in [5, 5.41) is 3.96. The molecule has 2 heterocycles. The summed E-state index contributed by atoms with van der Waals surface area (Å²) in [5.74, 6) is 1.95. The lowest BCUT2D eigenvalue weighted by Gasteiger charge is -2.12. The third-order valence-corrected chi connectivity index (χ3v) is 4.38. The summed E-state index contributed by atoms with van der Waals surface area (Å²) in [6, 6.07) is 15.1. The monoisotopic (exact) mass is 380 g/mol. The third-order valence-electron chi connectivity index (χ3n) is 4.15. The van der Waals surface area contributed by atoms with E-state index in [9.17, 15) is 0 Å². The molecule has 7 heteroatoms. The van der Waals surface area contributed by atoms with Crippen molar-refractivity contribution in [2.75, 3.05) is 19.5 Å². The van der Waals surface area contributed by atoms with Crippen LogP contribution < -0.4 is 14.8 Å². The molecule has 0 bridgehead atoms. The van der Waals surface area contributed by atoms with Gasteiger partial charge in [-0.2, -0.15) is 0 Å². The van der Waals surface area contributed by atoms with Gasteiger partial charge in [-0.15, -0.1) is 0 Å². The van der Waals surface area contributed by atoms with Crippen LogP contribution in [-0.2, 0) is 0 Å². The molecule has 4 aromatic rings. The van der Waals surface area contributed by atoms with E-state index >= 15 is 0 Å². The van der Waals surface area contributed by atoms with Crippen molar-refractivity contribution in [1.82, 2.24) is 14.4 Å². The summed E-state index contributed by atoms with van der Waals surface area (Å²) >= 11 is 6.09. The van der Waals surface area contributed by atoms with Gasteiger partial charge in [-0.25, -0.2) is 9.97 Å². The second-order valence-corrected chi connectivity index (χ2v) is 6.26. The number of ether oxygens (including phenoxy) is 2. The van der Waals surface area contributed by atoms with Gasteiger partial charge in [0.25, 0.3) is 0 Å². The molecular weight excluding hydrogens is 364 g/mol. The van der Waals surface area contributed by atoms with E-state index < -0.39 is 0 Å². The van der Waals surface area contributed by atoms with E-state index in [0.717, 1.165) is 22.6 Å². The van der Waals surface area contributed by atoms with Crippen LogP contribution in [0.3, 0.4) is 0 Å². The van der Waals surface area contributed by atoms with Crippen molar-refractivity contribution < 1.29 is 9.47 Å².